The van der Waals surface area contributed by atoms with E-state index < -0.39 is 21.0 Å². The Kier molecular flexibility index (Phi) is 3.86. The number of allylic oxidation sites excluding steroid dienone is 3. The standard InChI is InChI=1S/C12H13ClO4S2/c1-6-8(12(13)14)5-9(19(2,16)17)10(7-3-4-7)11(6)18-15/h5-7H,3-4H2,1-2H3. The lowest BCUT2D eigenvalue weighted by Gasteiger charge is -2.24. The zero-order valence-corrected chi connectivity index (χ0v) is 12.9. The Morgan fingerprint density at radius 3 is 2.37 bits per heavy atom. The molecule has 4 nitrogen and oxygen atoms in total. The second-order valence-corrected chi connectivity index (χ2v) is 7.80. The maximum absolute atomic E-state index is 11.9. The second-order valence-electron chi connectivity index (χ2n) is 4.87. The minimum absolute atomic E-state index is 0.0791. The lowest BCUT2D eigenvalue weighted by atomic mass is 9.86. The third-order valence-electron chi connectivity index (χ3n) is 3.38. The number of sulfone groups is 1. The first-order chi connectivity index (χ1) is 8.77. The van der Waals surface area contributed by atoms with Gasteiger partial charge in [0.25, 0.3) is 0 Å². The lowest BCUT2D eigenvalue weighted by molar-refractivity contribution is -0.108. The summed E-state index contributed by atoms with van der Waals surface area (Å²) < 4.78 is 35.1. The van der Waals surface area contributed by atoms with E-state index in [0.717, 1.165) is 19.1 Å². The Labute approximate surface area is 120 Å². The molecule has 0 aromatic carbocycles. The molecule has 0 amide bonds. The van der Waals surface area contributed by atoms with Crippen LogP contribution < -0.4 is 0 Å². The fourth-order valence-corrected chi connectivity index (χ4v) is 4.20. The van der Waals surface area contributed by atoms with Crippen LogP contribution in [0.4, 0.5) is 0 Å². The van der Waals surface area contributed by atoms with Crippen LogP contribution in [0.1, 0.15) is 19.8 Å². The maximum atomic E-state index is 11.9. The van der Waals surface area contributed by atoms with Crippen LogP contribution in [0.25, 0.3) is 0 Å². The summed E-state index contributed by atoms with van der Waals surface area (Å²) in [6.07, 6.45) is 4.18. The van der Waals surface area contributed by atoms with E-state index in [1.54, 1.807) is 6.92 Å². The quantitative estimate of drug-likeness (QED) is 0.582. The maximum Gasteiger partial charge on any atom is 0.249 e. The summed E-state index contributed by atoms with van der Waals surface area (Å²) in [5, 5.41) is -0.713. The summed E-state index contributed by atoms with van der Waals surface area (Å²) in [6.45, 7) is 1.70. The fraction of sp³-hybridized carbons (Fsp3) is 0.500. The molecule has 0 spiro atoms. The van der Waals surface area contributed by atoms with Crippen molar-refractivity contribution in [2.45, 2.75) is 19.8 Å². The van der Waals surface area contributed by atoms with Crippen LogP contribution in [-0.4, -0.2) is 29.0 Å². The van der Waals surface area contributed by atoms with Gasteiger partial charge in [-0.3, -0.25) is 4.79 Å². The van der Waals surface area contributed by atoms with Gasteiger partial charge in [0.15, 0.2) is 9.84 Å². The van der Waals surface area contributed by atoms with Gasteiger partial charge in [-0.15, -0.1) is 0 Å². The van der Waals surface area contributed by atoms with Gasteiger partial charge in [0.1, 0.15) is 0 Å². The molecule has 2 aliphatic carbocycles. The van der Waals surface area contributed by atoms with Crippen molar-refractivity contribution >= 4 is 42.8 Å². The monoisotopic (exact) mass is 320 g/mol. The average Bonchev–Trinajstić information content (AvgIpc) is 3.09. The van der Waals surface area contributed by atoms with Crippen molar-refractivity contribution in [1.29, 1.82) is 0 Å². The first-order valence-corrected chi connectivity index (χ1v) is 8.81. The first kappa shape index (κ1) is 14.7. The predicted molar refractivity (Wildman–Crippen MR) is 75.9 cm³/mol. The molecule has 2 rings (SSSR count). The molecule has 104 valence electrons. The van der Waals surface area contributed by atoms with Crippen LogP contribution in [0.5, 0.6) is 0 Å². The highest BCUT2D eigenvalue weighted by Gasteiger charge is 2.39. The largest absolute Gasteiger partial charge is 0.276 e. The molecule has 0 bridgehead atoms. The van der Waals surface area contributed by atoms with E-state index in [2.05, 4.69) is 0 Å². The van der Waals surface area contributed by atoms with Crippen LogP contribution in [0.15, 0.2) is 22.1 Å². The van der Waals surface area contributed by atoms with Crippen LogP contribution in [0.2, 0.25) is 0 Å². The molecule has 0 N–H and O–H groups in total. The van der Waals surface area contributed by atoms with Gasteiger partial charge in [0.05, 0.1) is 21.0 Å². The number of carbonyl (C=O) groups excluding carboxylic acids is 1. The lowest BCUT2D eigenvalue weighted by Crippen LogP contribution is -2.27. The number of hydrogen-bond donors (Lipinski definition) is 0. The van der Waals surface area contributed by atoms with Gasteiger partial charge in [0.2, 0.25) is 5.24 Å². The summed E-state index contributed by atoms with van der Waals surface area (Å²) in [7, 11) is -3.49. The van der Waals surface area contributed by atoms with Crippen molar-refractivity contribution in [3.63, 3.8) is 0 Å². The van der Waals surface area contributed by atoms with Gasteiger partial charge in [-0.1, -0.05) is 6.92 Å². The predicted octanol–water partition coefficient (Wildman–Crippen LogP) is 1.42. The van der Waals surface area contributed by atoms with Gasteiger partial charge in [-0.2, -0.15) is 0 Å². The molecule has 0 saturated heterocycles. The molecular weight excluding hydrogens is 308 g/mol. The van der Waals surface area contributed by atoms with Gasteiger partial charge < -0.3 is 0 Å². The minimum Gasteiger partial charge on any atom is -0.276 e. The molecule has 7 heteroatoms. The number of hydrogen-bond acceptors (Lipinski definition) is 4. The molecule has 0 radical (unpaired) electrons. The van der Waals surface area contributed by atoms with Gasteiger partial charge >= 0.3 is 0 Å². The van der Waals surface area contributed by atoms with Crippen LogP contribution in [0, 0.1) is 11.8 Å². The molecule has 0 aromatic rings. The van der Waals surface area contributed by atoms with Gasteiger partial charge in [-0.05, 0) is 42.0 Å². The number of carbonyl (C=O) groups is 1. The second kappa shape index (κ2) is 5.00. The van der Waals surface area contributed by atoms with Gasteiger partial charge in [-0.25, -0.2) is 12.6 Å². The van der Waals surface area contributed by atoms with E-state index in [-0.39, 0.29) is 27.7 Å². The molecule has 0 aliphatic heterocycles. The Balaban J connectivity index is 2.76. The van der Waals surface area contributed by atoms with E-state index in [4.69, 9.17) is 11.6 Å². The van der Waals surface area contributed by atoms with Crippen LogP contribution in [0.3, 0.4) is 0 Å². The van der Waals surface area contributed by atoms with E-state index in [0.29, 0.717) is 10.4 Å². The summed E-state index contributed by atoms with van der Waals surface area (Å²) in [4.78, 5) is 11.9. The summed E-state index contributed by atoms with van der Waals surface area (Å²) in [6, 6.07) is 0. The normalized spacial score (nSPS) is 24.3. The molecule has 1 unspecified atom stereocenters. The topological polar surface area (TPSA) is 68.3 Å². The average molecular weight is 321 g/mol. The highest BCUT2D eigenvalue weighted by molar-refractivity contribution is 7.94. The molecule has 2 aliphatic rings. The molecule has 1 fully saturated rings. The van der Waals surface area contributed by atoms with Crippen molar-refractivity contribution in [2.75, 3.05) is 6.26 Å². The SMILES string of the molecule is CC1C(C(=O)Cl)=CC(S(C)(=O)=O)=C(C2CC2)C1=S=O. The molecule has 0 heterocycles. The highest BCUT2D eigenvalue weighted by atomic mass is 35.5. The molecule has 19 heavy (non-hydrogen) atoms. The third kappa shape index (κ3) is 2.75. The zero-order valence-electron chi connectivity index (χ0n) is 10.5. The third-order valence-corrected chi connectivity index (χ3v) is 5.49. The minimum atomic E-state index is -3.49. The smallest absolute Gasteiger partial charge is 0.249 e. The zero-order chi connectivity index (χ0) is 14.4. The van der Waals surface area contributed by atoms with E-state index in [1.165, 1.54) is 6.08 Å². The Morgan fingerprint density at radius 1 is 1.42 bits per heavy atom. The van der Waals surface area contributed by atoms with Crippen LogP contribution >= 0.6 is 11.6 Å². The molecule has 0 aromatic heterocycles. The van der Waals surface area contributed by atoms with Gasteiger partial charge in [0, 0.05) is 17.7 Å². The van der Waals surface area contributed by atoms with Crippen molar-refractivity contribution in [3.8, 4) is 0 Å². The molecular formula is C12H13ClO4S2. The van der Waals surface area contributed by atoms with Crippen molar-refractivity contribution < 1.29 is 17.4 Å². The first-order valence-electron chi connectivity index (χ1n) is 5.80. The Hall–Kier alpha value is -0.720. The summed E-state index contributed by atoms with van der Waals surface area (Å²) >= 11 is 5.75. The summed E-state index contributed by atoms with van der Waals surface area (Å²) in [5.74, 6) is -0.319. The number of rotatable bonds is 3. The Bertz CT molecular complexity index is 662. The molecule has 1 atom stereocenters. The van der Waals surface area contributed by atoms with E-state index in [1.807, 2.05) is 0 Å². The van der Waals surface area contributed by atoms with Crippen molar-refractivity contribution in [1.82, 2.24) is 0 Å². The Morgan fingerprint density at radius 2 is 2.00 bits per heavy atom. The number of halogens is 1. The van der Waals surface area contributed by atoms with Crippen molar-refractivity contribution in [2.24, 2.45) is 11.8 Å². The van der Waals surface area contributed by atoms with E-state index in [9.17, 15) is 17.4 Å². The molecule has 1 saturated carbocycles. The van der Waals surface area contributed by atoms with Crippen LogP contribution in [-0.2, 0) is 25.9 Å². The van der Waals surface area contributed by atoms with E-state index >= 15 is 0 Å². The summed E-state index contributed by atoms with van der Waals surface area (Å²) in [5.41, 5.74) is 0.765. The highest BCUT2D eigenvalue weighted by Crippen LogP contribution is 2.44. The van der Waals surface area contributed by atoms with Crippen molar-refractivity contribution in [3.05, 3.63) is 22.1 Å². The fourth-order valence-electron chi connectivity index (χ4n) is 2.27.